The van der Waals surface area contributed by atoms with Crippen molar-refractivity contribution < 1.29 is 22.3 Å². The first-order valence-electron chi connectivity index (χ1n) is 9.61. The van der Waals surface area contributed by atoms with Gasteiger partial charge in [0.2, 0.25) is 5.91 Å². The summed E-state index contributed by atoms with van der Waals surface area (Å²) in [5.41, 5.74) is 1.85. The highest BCUT2D eigenvalue weighted by atomic mass is 35.5. The zero-order valence-electron chi connectivity index (χ0n) is 17.7. The van der Waals surface area contributed by atoms with Crippen molar-refractivity contribution in [1.29, 1.82) is 0 Å². The molecule has 3 rings (SSSR count). The van der Waals surface area contributed by atoms with Crippen LogP contribution in [-0.2, 0) is 14.8 Å². The second kappa shape index (κ2) is 9.58. The Morgan fingerprint density at radius 2 is 1.75 bits per heavy atom. The van der Waals surface area contributed by atoms with Gasteiger partial charge in [-0.3, -0.25) is 9.10 Å². The summed E-state index contributed by atoms with van der Waals surface area (Å²) in [5, 5.41) is 3.00. The van der Waals surface area contributed by atoms with E-state index >= 15 is 0 Å². The largest absolute Gasteiger partial charge is 0.495 e. The Labute approximate surface area is 191 Å². The Bertz CT molecular complexity index is 1250. The number of sulfonamides is 1. The summed E-state index contributed by atoms with van der Waals surface area (Å²) >= 11 is 5.96. The topological polar surface area (TPSA) is 75.7 Å². The smallest absolute Gasteiger partial charge is 0.268 e. The first-order valence-corrected chi connectivity index (χ1v) is 11.4. The summed E-state index contributed by atoms with van der Waals surface area (Å²) in [6, 6.07) is 14.8. The summed E-state index contributed by atoms with van der Waals surface area (Å²) < 4.78 is 47.1. The summed E-state index contributed by atoms with van der Waals surface area (Å²) in [4.78, 5) is 12.8. The van der Waals surface area contributed by atoms with Crippen LogP contribution in [0, 0.1) is 19.7 Å². The van der Waals surface area contributed by atoms with Gasteiger partial charge in [0.1, 0.15) is 23.0 Å². The van der Waals surface area contributed by atoms with Gasteiger partial charge in [-0.25, -0.2) is 12.8 Å². The SMILES string of the molecule is COc1ccc(C)cc1S(=O)(=O)N(CC(=O)Nc1cc(F)ccc1C)c1ccc(Cl)cc1. The van der Waals surface area contributed by atoms with E-state index in [9.17, 15) is 17.6 Å². The van der Waals surface area contributed by atoms with Crippen molar-refractivity contribution in [1.82, 2.24) is 0 Å². The molecule has 32 heavy (non-hydrogen) atoms. The fraction of sp³-hybridized carbons (Fsp3) is 0.174. The molecule has 6 nitrogen and oxygen atoms in total. The van der Waals surface area contributed by atoms with Gasteiger partial charge in [0.05, 0.1) is 12.8 Å². The van der Waals surface area contributed by atoms with Gasteiger partial charge in [-0.05, 0) is 73.5 Å². The monoisotopic (exact) mass is 476 g/mol. The van der Waals surface area contributed by atoms with E-state index in [-0.39, 0.29) is 22.0 Å². The van der Waals surface area contributed by atoms with Crippen molar-refractivity contribution in [2.75, 3.05) is 23.3 Å². The molecule has 0 aliphatic heterocycles. The van der Waals surface area contributed by atoms with Crippen LogP contribution in [0.5, 0.6) is 5.75 Å². The number of benzene rings is 3. The number of methoxy groups -OCH3 is 1. The molecule has 3 aromatic rings. The van der Waals surface area contributed by atoms with Crippen molar-refractivity contribution in [2.24, 2.45) is 0 Å². The third kappa shape index (κ3) is 5.20. The molecule has 0 saturated heterocycles. The first-order chi connectivity index (χ1) is 15.1. The number of carbonyl (C=O) groups excluding carboxylic acids is 1. The molecule has 9 heteroatoms. The predicted octanol–water partition coefficient (Wildman–Crippen LogP) is 4.94. The van der Waals surface area contributed by atoms with Crippen molar-refractivity contribution in [3.8, 4) is 5.75 Å². The van der Waals surface area contributed by atoms with E-state index in [4.69, 9.17) is 16.3 Å². The van der Waals surface area contributed by atoms with Gasteiger partial charge in [0.15, 0.2) is 0 Å². The number of hydrogen-bond acceptors (Lipinski definition) is 4. The molecule has 1 N–H and O–H groups in total. The number of nitrogens with zero attached hydrogens (tertiary/aromatic N) is 1. The molecule has 0 unspecified atom stereocenters. The van der Waals surface area contributed by atoms with Crippen molar-refractivity contribution in [2.45, 2.75) is 18.7 Å². The van der Waals surface area contributed by atoms with Gasteiger partial charge < -0.3 is 10.1 Å². The first kappa shape index (κ1) is 23.6. The molecule has 0 aliphatic rings. The highest BCUT2D eigenvalue weighted by molar-refractivity contribution is 7.93. The second-order valence-electron chi connectivity index (χ2n) is 7.15. The Hall–Kier alpha value is -3.10. The minimum Gasteiger partial charge on any atom is -0.495 e. The number of nitrogens with one attached hydrogen (secondary N) is 1. The van der Waals surface area contributed by atoms with E-state index in [2.05, 4.69) is 5.32 Å². The fourth-order valence-electron chi connectivity index (χ4n) is 3.08. The maximum Gasteiger partial charge on any atom is 0.268 e. The molecule has 1 amide bonds. The van der Waals surface area contributed by atoms with Crippen LogP contribution in [0.25, 0.3) is 0 Å². The van der Waals surface area contributed by atoms with Gasteiger partial charge in [-0.15, -0.1) is 0 Å². The molecular formula is C23H22ClFN2O4S. The molecule has 0 aromatic heterocycles. The zero-order valence-corrected chi connectivity index (χ0v) is 19.3. The summed E-state index contributed by atoms with van der Waals surface area (Å²) in [7, 11) is -2.84. The van der Waals surface area contributed by atoms with E-state index in [1.54, 1.807) is 26.0 Å². The molecule has 0 radical (unpaired) electrons. The number of rotatable bonds is 7. The van der Waals surface area contributed by atoms with Gasteiger partial charge in [0, 0.05) is 10.7 Å². The number of hydrogen-bond donors (Lipinski definition) is 1. The number of anilines is 2. The lowest BCUT2D eigenvalue weighted by molar-refractivity contribution is -0.114. The van der Waals surface area contributed by atoms with Gasteiger partial charge >= 0.3 is 0 Å². The summed E-state index contributed by atoms with van der Waals surface area (Å²) in [6.45, 7) is 2.92. The van der Waals surface area contributed by atoms with Crippen LogP contribution in [0.4, 0.5) is 15.8 Å². The Balaban J connectivity index is 2.03. The molecule has 168 valence electrons. The predicted molar refractivity (Wildman–Crippen MR) is 123 cm³/mol. The number of amides is 1. The molecule has 0 atom stereocenters. The summed E-state index contributed by atoms with van der Waals surface area (Å²) in [5.74, 6) is -1.00. The van der Waals surface area contributed by atoms with Gasteiger partial charge in [-0.1, -0.05) is 23.7 Å². The van der Waals surface area contributed by atoms with Crippen LogP contribution in [0.1, 0.15) is 11.1 Å². The van der Waals surface area contributed by atoms with E-state index in [1.807, 2.05) is 0 Å². The van der Waals surface area contributed by atoms with E-state index in [0.717, 1.165) is 4.31 Å². The standard InChI is InChI=1S/C23H22ClFN2O4S/c1-15-4-11-21(31-3)22(12-15)32(29,30)27(19-9-6-17(24)7-10-19)14-23(28)26-20-13-18(25)8-5-16(20)2/h4-13H,14H2,1-3H3,(H,26,28). The molecule has 3 aromatic carbocycles. The lowest BCUT2D eigenvalue weighted by Gasteiger charge is -2.25. The average Bonchev–Trinajstić information content (AvgIpc) is 2.75. The zero-order chi connectivity index (χ0) is 23.5. The lowest BCUT2D eigenvalue weighted by Crippen LogP contribution is -2.38. The van der Waals surface area contributed by atoms with Crippen LogP contribution in [-0.4, -0.2) is 28.0 Å². The maximum absolute atomic E-state index is 13.6. The van der Waals surface area contributed by atoms with Gasteiger partial charge in [-0.2, -0.15) is 0 Å². The normalized spacial score (nSPS) is 11.2. The van der Waals surface area contributed by atoms with Gasteiger partial charge in [0.25, 0.3) is 10.0 Å². The quantitative estimate of drug-likeness (QED) is 0.524. The number of ether oxygens (including phenoxy) is 1. The molecule has 0 aliphatic carbocycles. The van der Waals surface area contributed by atoms with Crippen LogP contribution in [0.3, 0.4) is 0 Å². The molecule has 0 saturated carbocycles. The minimum absolute atomic E-state index is 0.0790. The summed E-state index contributed by atoms with van der Waals surface area (Å²) in [6.07, 6.45) is 0. The lowest BCUT2D eigenvalue weighted by atomic mass is 10.2. The minimum atomic E-state index is -4.21. The Kier molecular flexibility index (Phi) is 7.06. The van der Waals surface area contributed by atoms with Crippen molar-refractivity contribution >= 4 is 38.9 Å². The fourth-order valence-corrected chi connectivity index (χ4v) is 4.87. The van der Waals surface area contributed by atoms with Crippen molar-refractivity contribution in [3.63, 3.8) is 0 Å². The average molecular weight is 477 g/mol. The molecule has 0 heterocycles. The molecule has 0 spiro atoms. The molecule has 0 fully saturated rings. The highest BCUT2D eigenvalue weighted by Gasteiger charge is 2.30. The van der Waals surface area contributed by atoms with Crippen LogP contribution in [0.15, 0.2) is 65.6 Å². The number of aryl methyl sites for hydroxylation is 2. The molecular weight excluding hydrogens is 455 g/mol. The van der Waals surface area contributed by atoms with E-state index in [1.165, 1.54) is 55.6 Å². The Morgan fingerprint density at radius 1 is 1.06 bits per heavy atom. The number of halogens is 2. The van der Waals surface area contributed by atoms with Crippen LogP contribution in [0.2, 0.25) is 5.02 Å². The maximum atomic E-state index is 13.6. The van der Waals surface area contributed by atoms with Crippen molar-refractivity contribution in [3.05, 3.63) is 82.6 Å². The van der Waals surface area contributed by atoms with Crippen LogP contribution >= 0.6 is 11.6 Å². The second-order valence-corrected chi connectivity index (χ2v) is 9.42. The third-order valence-corrected chi connectivity index (χ3v) is 6.81. The van der Waals surface area contributed by atoms with E-state index < -0.39 is 28.3 Å². The number of carbonyl (C=O) groups is 1. The third-order valence-electron chi connectivity index (χ3n) is 4.76. The highest BCUT2D eigenvalue weighted by Crippen LogP contribution is 2.31. The van der Waals surface area contributed by atoms with Crippen LogP contribution < -0.4 is 14.4 Å². The van der Waals surface area contributed by atoms with E-state index in [0.29, 0.717) is 16.1 Å². The Morgan fingerprint density at radius 3 is 2.41 bits per heavy atom. The molecule has 0 bridgehead atoms.